The summed E-state index contributed by atoms with van der Waals surface area (Å²) in [6.07, 6.45) is 2.68. The highest BCUT2D eigenvalue weighted by Crippen LogP contribution is 2.34. The SMILES string of the molecule is CCC(CC)NC(=O)C1CN(C(=O)c2ccc(Sc3ccccn3)cc2)c2ccccc2O1. The Kier molecular flexibility index (Phi) is 7.29. The highest BCUT2D eigenvalue weighted by Gasteiger charge is 2.34. The van der Waals surface area contributed by atoms with Crippen molar-refractivity contribution >= 4 is 29.3 Å². The van der Waals surface area contributed by atoms with Gasteiger partial charge in [0.05, 0.1) is 12.2 Å². The van der Waals surface area contributed by atoms with Crippen LogP contribution in [-0.2, 0) is 4.79 Å². The van der Waals surface area contributed by atoms with E-state index in [9.17, 15) is 9.59 Å². The van der Waals surface area contributed by atoms with Crippen LogP contribution in [0.15, 0.2) is 82.8 Å². The summed E-state index contributed by atoms with van der Waals surface area (Å²) in [5, 5.41) is 3.93. The molecule has 1 unspecified atom stereocenters. The highest BCUT2D eigenvalue weighted by molar-refractivity contribution is 7.99. The largest absolute Gasteiger partial charge is 0.477 e. The maximum Gasteiger partial charge on any atom is 0.263 e. The molecular weight excluding hydrogens is 434 g/mol. The summed E-state index contributed by atoms with van der Waals surface area (Å²) < 4.78 is 5.97. The average Bonchev–Trinajstić information content (AvgIpc) is 2.87. The maximum atomic E-state index is 13.5. The molecule has 1 N–H and O–H groups in total. The van der Waals surface area contributed by atoms with Crippen LogP contribution in [0.2, 0.25) is 0 Å². The van der Waals surface area contributed by atoms with Gasteiger partial charge in [0.2, 0.25) is 0 Å². The lowest BCUT2D eigenvalue weighted by Crippen LogP contribution is -2.52. The number of amides is 2. The van der Waals surface area contributed by atoms with Crippen molar-refractivity contribution in [1.29, 1.82) is 0 Å². The number of nitrogens with zero attached hydrogens (tertiary/aromatic N) is 2. The van der Waals surface area contributed by atoms with Gasteiger partial charge in [-0.2, -0.15) is 0 Å². The van der Waals surface area contributed by atoms with E-state index in [-0.39, 0.29) is 24.4 Å². The molecule has 0 radical (unpaired) electrons. The minimum atomic E-state index is -0.761. The van der Waals surface area contributed by atoms with Crippen molar-refractivity contribution in [3.05, 3.63) is 78.5 Å². The number of benzene rings is 2. The minimum absolute atomic E-state index is 0.0894. The summed E-state index contributed by atoms with van der Waals surface area (Å²) in [7, 11) is 0. The van der Waals surface area contributed by atoms with E-state index < -0.39 is 6.10 Å². The number of fused-ring (bicyclic) bond motifs is 1. The molecule has 1 aliphatic rings. The Morgan fingerprint density at radius 1 is 1.06 bits per heavy atom. The molecule has 0 bridgehead atoms. The molecule has 2 amide bonds. The first kappa shape index (κ1) is 22.9. The van der Waals surface area contributed by atoms with E-state index in [1.165, 1.54) is 11.8 Å². The number of hydrogen-bond donors (Lipinski definition) is 1. The van der Waals surface area contributed by atoms with Gasteiger partial charge in [-0.3, -0.25) is 9.59 Å². The van der Waals surface area contributed by atoms with Gasteiger partial charge in [-0.1, -0.05) is 43.8 Å². The molecule has 4 rings (SSSR count). The second-order valence-electron chi connectivity index (χ2n) is 7.81. The predicted octanol–water partition coefficient (Wildman–Crippen LogP) is 4.95. The van der Waals surface area contributed by atoms with Crippen molar-refractivity contribution in [2.45, 2.75) is 48.8 Å². The van der Waals surface area contributed by atoms with Crippen molar-refractivity contribution in [3.63, 3.8) is 0 Å². The molecule has 0 saturated carbocycles. The van der Waals surface area contributed by atoms with Gasteiger partial charge in [0, 0.05) is 22.7 Å². The fourth-order valence-electron chi connectivity index (χ4n) is 3.70. The summed E-state index contributed by atoms with van der Waals surface area (Å²) in [4.78, 5) is 33.3. The lowest BCUT2D eigenvalue weighted by molar-refractivity contribution is -0.128. The van der Waals surface area contributed by atoms with Crippen LogP contribution in [0.1, 0.15) is 37.0 Å². The maximum absolute atomic E-state index is 13.5. The van der Waals surface area contributed by atoms with Gasteiger partial charge in [0.1, 0.15) is 10.8 Å². The molecule has 1 aromatic heterocycles. The van der Waals surface area contributed by atoms with Crippen molar-refractivity contribution in [2.24, 2.45) is 0 Å². The third-order valence-electron chi connectivity index (χ3n) is 5.60. The fraction of sp³-hybridized carbons (Fsp3) is 0.269. The summed E-state index contributed by atoms with van der Waals surface area (Å²) in [5.74, 6) is 0.169. The van der Waals surface area contributed by atoms with Gasteiger partial charge >= 0.3 is 0 Å². The van der Waals surface area contributed by atoms with E-state index in [0.29, 0.717) is 17.0 Å². The summed E-state index contributed by atoms with van der Waals surface area (Å²) in [5.41, 5.74) is 1.22. The highest BCUT2D eigenvalue weighted by atomic mass is 32.2. The van der Waals surface area contributed by atoms with Gasteiger partial charge < -0.3 is 15.0 Å². The molecule has 1 aliphatic heterocycles. The normalized spacial score (nSPS) is 15.0. The van der Waals surface area contributed by atoms with Crippen molar-refractivity contribution < 1.29 is 14.3 Å². The molecule has 170 valence electrons. The number of para-hydroxylation sites is 2. The molecule has 0 fully saturated rings. The number of rotatable bonds is 7. The van der Waals surface area contributed by atoms with E-state index >= 15 is 0 Å². The van der Waals surface area contributed by atoms with Gasteiger partial charge in [-0.15, -0.1) is 0 Å². The molecule has 1 atom stereocenters. The van der Waals surface area contributed by atoms with Crippen LogP contribution in [0.4, 0.5) is 5.69 Å². The zero-order valence-corrected chi connectivity index (χ0v) is 19.5. The topological polar surface area (TPSA) is 71.5 Å². The number of carbonyl (C=O) groups is 2. The Hall–Kier alpha value is -3.32. The Morgan fingerprint density at radius 2 is 1.79 bits per heavy atom. The van der Waals surface area contributed by atoms with Crippen LogP contribution >= 0.6 is 11.8 Å². The van der Waals surface area contributed by atoms with Gasteiger partial charge in [-0.05, 0) is 61.4 Å². The molecule has 0 saturated heterocycles. The van der Waals surface area contributed by atoms with Gasteiger partial charge in [0.15, 0.2) is 6.10 Å². The Balaban J connectivity index is 1.53. The van der Waals surface area contributed by atoms with Gasteiger partial charge in [0.25, 0.3) is 11.8 Å². The Morgan fingerprint density at radius 3 is 2.48 bits per heavy atom. The number of anilines is 1. The van der Waals surface area contributed by atoms with Crippen LogP contribution in [0.5, 0.6) is 5.75 Å². The summed E-state index contributed by atoms with van der Waals surface area (Å²) in [6, 6.07) is 20.6. The molecule has 0 spiro atoms. The number of nitrogens with one attached hydrogen (secondary N) is 1. The molecule has 3 aromatic rings. The number of pyridine rings is 1. The first-order valence-electron chi connectivity index (χ1n) is 11.2. The first-order chi connectivity index (χ1) is 16.1. The van der Waals surface area contributed by atoms with Crippen molar-refractivity contribution in [1.82, 2.24) is 10.3 Å². The predicted molar refractivity (Wildman–Crippen MR) is 130 cm³/mol. The van der Waals surface area contributed by atoms with Crippen molar-refractivity contribution in [3.8, 4) is 5.75 Å². The fourth-order valence-corrected chi connectivity index (χ4v) is 4.47. The molecule has 33 heavy (non-hydrogen) atoms. The standard InChI is InChI=1S/C26H27N3O3S/c1-3-19(4-2)28-25(30)23-17-29(21-9-5-6-10-22(21)32-23)26(31)18-12-14-20(15-13-18)33-24-11-7-8-16-27-24/h5-16,19,23H,3-4,17H2,1-2H3,(H,28,30). The Bertz CT molecular complexity index is 1100. The zero-order valence-electron chi connectivity index (χ0n) is 18.7. The first-order valence-corrected chi connectivity index (χ1v) is 12.0. The minimum Gasteiger partial charge on any atom is -0.477 e. The molecule has 2 aromatic carbocycles. The Labute approximate surface area is 198 Å². The second kappa shape index (κ2) is 10.5. The van der Waals surface area contributed by atoms with Crippen LogP contribution in [0.3, 0.4) is 0 Å². The number of carbonyl (C=O) groups excluding carboxylic acids is 2. The second-order valence-corrected chi connectivity index (χ2v) is 8.90. The zero-order chi connectivity index (χ0) is 23.2. The molecule has 2 heterocycles. The van der Waals surface area contributed by atoms with Crippen LogP contribution in [-0.4, -0.2) is 35.5 Å². The van der Waals surface area contributed by atoms with Crippen LogP contribution in [0, 0.1) is 0 Å². The lowest BCUT2D eigenvalue weighted by Gasteiger charge is -2.34. The molecule has 7 heteroatoms. The van der Waals surface area contributed by atoms with E-state index in [0.717, 1.165) is 22.8 Å². The number of ether oxygens (including phenoxy) is 1. The third-order valence-corrected chi connectivity index (χ3v) is 6.56. The third kappa shape index (κ3) is 5.37. The molecule has 6 nitrogen and oxygen atoms in total. The number of aromatic nitrogens is 1. The quantitative estimate of drug-likeness (QED) is 0.539. The summed E-state index contributed by atoms with van der Waals surface area (Å²) >= 11 is 1.54. The summed E-state index contributed by atoms with van der Waals surface area (Å²) in [6.45, 7) is 4.24. The van der Waals surface area contributed by atoms with Crippen molar-refractivity contribution in [2.75, 3.05) is 11.4 Å². The van der Waals surface area contributed by atoms with E-state index in [1.807, 2.05) is 74.5 Å². The van der Waals surface area contributed by atoms with Crippen LogP contribution < -0.4 is 15.0 Å². The average molecular weight is 462 g/mol. The molecular formula is C26H27N3O3S. The van der Waals surface area contributed by atoms with E-state index in [4.69, 9.17) is 4.74 Å². The van der Waals surface area contributed by atoms with Gasteiger partial charge in [-0.25, -0.2) is 4.98 Å². The van der Waals surface area contributed by atoms with Crippen LogP contribution in [0.25, 0.3) is 0 Å². The molecule has 0 aliphatic carbocycles. The smallest absolute Gasteiger partial charge is 0.263 e. The number of hydrogen-bond acceptors (Lipinski definition) is 5. The van der Waals surface area contributed by atoms with E-state index in [2.05, 4.69) is 10.3 Å². The monoisotopic (exact) mass is 461 g/mol. The lowest BCUT2D eigenvalue weighted by atomic mass is 10.1. The van der Waals surface area contributed by atoms with E-state index in [1.54, 1.807) is 17.2 Å².